The van der Waals surface area contributed by atoms with Crippen molar-refractivity contribution in [3.05, 3.63) is 9.66 Å². The zero-order valence-electron chi connectivity index (χ0n) is 7.55. The van der Waals surface area contributed by atoms with E-state index in [2.05, 4.69) is 66.0 Å². The summed E-state index contributed by atoms with van der Waals surface area (Å²) in [5.41, 5.74) is 0. The van der Waals surface area contributed by atoms with Crippen molar-refractivity contribution in [1.82, 2.24) is 0 Å². The van der Waals surface area contributed by atoms with Gasteiger partial charge in [0, 0.05) is 0 Å². The van der Waals surface area contributed by atoms with Gasteiger partial charge >= 0.3 is 0 Å². The van der Waals surface area contributed by atoms with Crippen LogP contribution in [0.15, 0.2) is 9.66 Å². The van der Waals surface area contributed by atoms with Crippen molar-refractivity contribution in [1.29, 1.82) is 0 Å². The second kappa shape index (κ2) is 5.81. The topological polar surface area (TPSA) is 0 Å². The zero-order chi connectivity index (χ0) is 8.97. The van der Waals surface area contributed by atoms with Gasteiger partial charge in [0.1, 0.15) is 0 Å². The molecular weight excluding hydrogens is 299 g/mol. The minimum Gasteiger partial charge on any atom is -0.147 e. The predicted octanol–water partition coefficient (Wildman–Crippen LogP) is 4.16. The molecule has 0 amide bonds. The van der Waals surface area contributed by atoms with Gasteiger partial charge in [0.05, 0.1) is 4.58 Å². The zero-order valence-corrected chi connectivity index (χ0v) is 11.3. The van der Waals surface area contributed by atoms with E-state index in [0.717, 1.165) is 10.5 Å². The van der Waals surface area contributed by atoms with Crippen LogP contribution in [-0.4, -0.2) is 16.1 Å². The maximum Gasteiger partial charge on any atom is 0.0562 e. The van der Waals surface area contributed by atoms with Gasteiger partial charge in [-0.05, 0) is 56.9 Å². The molecule has 1 fully saturated rings. The Bertz CT molecular complexity index is 158. The molecule has 0 spiro atoms. The third-order valence-electron chi connectivity index (χ3n) is 1.77. The van der Waals surface area contributed by atoms with E-state index >= 15 is 0 Å². The Labute approximate surface area is 97.5 Å². The van der Waals surface area contributed by atoms with Crippen LogP contribution >= 0.6 is 46.1 Å². The summed E-state index contributed by atoms with van der Waals surface area (Å²) in [5.74, 6) is 3.45. The first-order valence-electron chi connectivity index (χ1n) is 4.27. The lowest BCUT2D eigenvalue weighted by atomic mass is 10.2. The number of thioether (sulfide) groups is 2. The summed E-state index contributed by atoms with van der Waals surface area (Å²) in [6.07, 6.45) is 3.78. The molecule has 3 heteroatoms. The monoisotopic (exact) mass is 314 g/mol. The smallest absolute Gasteiger partial charge is 0.0562 e. The summed E-state index contributed by atoms with van der Waals surface area (Å²) >= 11 is 6.65. The molecule has 12 heavy (non-hydrogen) atoms. The molecule has 0 saturated carbocycles. The lowest BCUT2D eigenvalue weighted by Crippen LogP contribution is -2.13. The standard InChI is InChI=1S/C9H15IS2/c1-7(6-8(2)10)9-11-4-3-5-12-9/h6-7,9H,3-5H2,1-2H3/b8-6-/t7-/m0/s1. The van der Waals surface area contributed by atoms with Crippen LogP contribution in [0.25, 0.3) is 0 Å². The summed E-state index contributed by atoms with van der Waals surface area (Å²) in [6, 6.07) is 0. The average Bonchev–Trinajstić information content (AvgIpc) is 2.05. The first-order valence-corrected chi connectivity index (χ1v) is 7.45. The van der Waals surface area contributed by atoms with E-state index in [0.29, 0.717) is 0 Å². The second-order valence-corrected chi connectivity index (χ2v) is 7.57. The molecule has 0 aromatic heterocycles. The van der Waals surface area contributed by atoms with E-state index in [1.54, 1.807) is 0 Å². The summed E-state index contributed by atoms with van der Waals surface area (Å²) < 4.78 is 2.23. The van der Waals surface area contributed by atoms with Crippen molar-refractivity contribution in [2.45, 2.75) is 24.9 Å². The van der Waals surface area contributed by atoms with Gasteiger partial charge in [-0.2, -0.15) is 0 Å². The van der Waals surface area contributed by atoms with Gasteiger partial charge < -0.3 is 0 Å². The molecule has 0 bridgehead atoms. The highest BCUT2D eigenvalue weighted by atomic mass is 127. The van der Waals surface area contributed by atoms with E-state index in [1.165, 1.54) is 21.5 Å². The second-order valence-electron chi connectivity index (χ2n) is 3.08. The van der Waals surface area contributed by atoms with Gasteiger partial charge in [-0.3, -0.25) is 0 Å². The van der Waals surface area contributed by atoms with Gasteiger partial charge in [0.15, 0.2) is 0 Å². The predicted molar refractivity (Wildman–Crippen MR) is 70.3 cm³/mol. The van der Waals surface area contributed by atoms with Gasteiger partial charge in [-0.15, -0.1) is 23.5 Å². The van der Waals surface area contributed by atoms with Crippen LogP contribution in [0.2, 0.25) is 0 Å². The molecule has 1 saturated heterocycles. The van der Waals surface area contributed by atoms with Gasteiger partial charge in [0.25, 0.3) is 0 Å². The van der Waals surface area contributed by atoms with E-state index in [-0.39, 0.29) is 0 Å². The van der Waals surface area contributed by atoms with Crippen LogP contribution in [0.3, 0.4) is 0 Å². The highest BCUT2D eigenvalue weighted by molar-refractivity contribution is 14.1. The Morgan fingerprint density at radius 3 is 2.58 bits per heavy atom. The Balaban J connectivity index is 2.39. The number of halogens is 1. The normalized spacial score (nSPS) is 24.1. The summed E-state index contributed by atoms with van der Waals surface area (Å²) in [6.45, 7) is 4.51. The van der Waals surface area contributed by atoms with Crippen molar-refractivity contribution >= 4 is 46.1 Å². The molecule has 0 aromatic carbocycles. The average molecular weight is 314 g/mol. The molecule has 0 radical (unpaired) electrons. The van der Waals surface area contributed by atoms with Crippen LogP contribution in [-0.2, 0) is 0 Å². The summed E-state index contributed by atoms with van der Waals surface area (Å²) in [4.78, 5) is 0. The van der Waals surface area contributed by atoms with Gasteiger partial charge in [-0.1, -0.05) is 13.0 Å². The van der Waals surface area contributed by atoms with E-state index in [9.17, 15) is 0 Å². The molecule has 1 atom stereocenters. The molecule has 0 nitrogen and oxygen atoms in total. The van der Waals surface area contributed by atoms with Crippen LogP contribution in [0, 0.1) is 5.92 Å². The molecule has 0 aliphatic carbocycles. The number of hydrogen-bond donors (Lipinski definition) is 0. The number of allylic oxidation sites excluding steroid dienone is 2. The Morgan fingerprint density at radius 1 is 1.50 bits per heavy atom. The maximum atomic E-state index is 2.40. The molecule has 0 aromatic rings. The Morgan fingerprint density at radius 2 is 2.08 bits per heavy atom. The third kappa shape index (κ3) is 3.92. The summed E-state index contributed by atoms with van der Waals surface area (Å²) in [5, 5.41) is 0. The highest BCUT2D eigenvalue weighted by Crippen LogP contribution is 2.36. The molecule has 1 rings (SSSR count). The lowest BCUT2D eigenvalue weighted by molar-refractivity contribution is 0.802. The van der Waals surface area contributed by atoms with Gasteiger partial charge in [0.2, 0.25) is 0 Å². The maximum absolute atomic E-state index is 2.40. The van der Waals surface area contributed by atoms with Gasteiger partial charge in [-0.25, -0.2) is 0 Å². The fraction of sp³-hybridized carbons (Fsp3) is 0.778. The van der Waals surface area contributed by atoms with E-state index in [4.69, 9.17) is 0 Å². The van der Waals surface area contributed by atoms with E-state index < -0.39 is 0 Å². The van der Waals surface area contributed by atoms with Crippen molar-refractivity contribution < 1.29 is 0 Å². The molecule has 1 aliphatic rings. The summed E-state index contributed by atoms with van der Waals surface area (Å²) in [7, 11) is 0. The quantitative estimate of drug-likeness (QED) is 0.702. The molecule has 1 heterocycles. The van der Waals surface area contributed by atoms with Crippen molar-refractivity contribution in [2.75, 3.05) is 11.5 Å². The Kier molecular flexibility index (Phi) is 5.44. The number of rotatable bonds is 2. The minimum atomic E-state index is 0.734. The Hall–Kier alpha value is 1.17. The van der Waals surface area contributed by atoms with Crippen molar-refractivity contribution in [3.8, 4) is 0 Å². The molecular formula is C9H15IS2. The molecule has 0 N–H and O–H groups in total. The highest BCUT2D eigenvalue weighted by Gasteiger charge is 2.19. The van der Waals surface area contributed by atoms with Crippen LogP contribution < -0.4 is 0 Å². The molecule has 0 unspecified atom stereocenters. The third-order valence-corrected chi connectivity index (χ3v) is 5.52. The first-order chi connectivity index (χ1) is 5.70. The van der Waals surface area contributed by atoms with Crippen LogP contribution in [0.4, 0.5) is 0 Å². The van der Waals surface area contributed by atoms with Crippen LogP contribution in [0.5, 0.6) is 0 Å². The van der Waals surface area contributed by atoms with Crippen LogP contribution in [0.1, 0.15) is 20.3 Å². The first kappa shape index (κ1) is 11.2. The minimum absolute atomic E-state index is 0.734. The fourth-order valence-electron chi connectivity index (χ4n) is 1.25. The van der Waals surface area contributed by atoms with Crippen molar-refractivity contribution in [2.24, 2.45) is 5.92 Å². The largest absolute Gasteiger partial charge is 0.147 e. The molecule has 70 valence electrons. The van der Waals surface area contributed by atoms with Crippen molar-refractivity contribution in [3.63, 3.8) is 0 Å². The number of hydrogen-bond acceptors (Lipinski definition) is 2. The molecule has 1 aliphatic heterocycles. The van der Waals surface area contributed by atoms with E-state index in [1.807, 2.05) is 0 Å². The SMILES string of the molecule is C/C(I)=C/[C@H](C)C1SCCCS1. The fourth-order valence-corrected chi connectivity index (χ4v) is 4.81. The lowest BCUT2D eigenvalue weighted by Gasteiger charge is -2.24.